The fraction of sp³-hybridized carbons (Fsp3) is 0.385. The van der Waals surface area contributed by atoms with E-state index in [9.17, 15) is 19.8 Å². The van der Waals surface area contributed by atoms with Gasteiger partial charge in [-0.15, -0.1) is 0 Å². The van der Waals surface area contributed by atoms with Crippen LogP contribution in [-0.4, -0.2) is 34.3 Å². The molecule has 0 saturated carbocycles. The number of fused-ring (bicyclic) bond motifs is 1. The number of esters is 1. The monoisotopic (exact) mass is 439 g/mol. The van der Waals surface area contributed by atoms with E-state index in [2.05, 4.69) is 5.32 Å². The van der Waals surface area contributed by atoms with Crippen LogP contribution in [0.3, 0.4) is 0 Å². The van der Waals surface area contributed by atoms with E-state index < -0.39 is 18.2 Å². The molecule has 0 aromatic heterocycles. The van der Waals surface area contributed by atoms with Gasteiger partial charge in [-0.05, 0) is 36.8 Å². The molecule has 1 aromatic carbocycles. The lowest BCUT2D eigenvalue weighted by molar-refractivity contribution is -0.115. The Hall–Kier alpha value is -3.12. The van der Waals surface area contributed by atoms with E-state index in [1.165, 1.54) is 18.3 Å². The number of phenols is 1. The largest absolute Gasteiger partial charge is 0.507 e. The Bertz CT molecular complexity index is 884. The lowest BCUT2D eigenvalue weighted by atomic mass is 9.93. The molecule has 6 nitrogen and oxygen atoms in total. The van der Waals surface area contributed by atoms with Crippen LogP contribution >= 0.6 is 0 Å². The molecule has 1 aromatic rings. The number of nitrogens with one attached hydrogen (secondary N) is 1. The number of allylic oxidation sites excluding steroid dienone is 5. The van der Waals surface area contributed by atoms with Gasteiger partial charge in [0.2, 0.25) is 5.91 Å². The predicted octanol–water partition coefficient (Wildman–Crippen LogP) is 4.35. The smallest absolute Gasteiger partial charge is 0.342 e. The van der Waals surface area contributed by atoms with Crippen LogP contribution in [0.5, 0.6) is 5.75 Å². The number of carbonyl (C=O) groups excluding carboxylic acids is 2. The van der Waals surface area contributed by atoms with E-state index in [0.29, 0.717) is 24.8 Å². The van der Waals surface area contributed by atoms with Gasteiger partial charge in [-0.25, -0.2) is 4.79 Å². The van der Waals surface area contributed by atoms with Gasteiger partial charge in [0, 0.05) is 25.1 Å². The number of aliphatic hydroxyl groups excluding tert-OH is 1. The SMILES string of the molecule is CC/C=C\C=C/C(=O)N/C=C\C[C@H]1C[C@@H](O)[C@@H](C)C/C=C/Cc2cccc(O)c2C(=O)O1. The summed E-state index contributed by atoms with van der Waals surface area (Å²) in [6.07, 6.45) is 15.3. The van der Waals surface area contributed by atoms with Crippen LogP contribution in [0.25, 0.3) is 0 Å². The molecule has 0 spiro atoms. The molecule has 32 heavy (non-hydrogen) atoms. The van der Waals surface area contributed by atoms with Crippen LogP contribution in [0.1, 0.15) is 55.5 Å². The second-order valence-electron chi connectivity index (χ2n) is 7.87. The van der Waals surface area contributed by atoms with Crippen molar-refractivity contribution in [3.63, 3.8) is 0 Å². The van der Waals surface area contributed by atoms with Crippen molar-refractivity contribution in [1.29, 1.82) is 0 Å². The molecular weight excluding hydrogens is 406 g/mol. The molecule has 1 heterocycles. The molecule has 2 rings (SSSR count). The summed E-state index contributed by atoms with van der Waals surface area (Å²) in [5.41, 5.74) is 0.832. The summed E-state index contributed by atoms with van der Waals surface area (Å²) < 4.78 is 5.68. The highest BCUT2D eigenvalue weighted by atomic mass is 16.5. The van der Waals surface area contributed by atoms with Crippen molar-refractivity contribution in [2.24, 2.45) is 5.92 Å². The number of ether oxygens (including phenoxy) is 1. The number of aromatic hydroxyl groups is 1. The lowest BCUT2D eigenvalue weighted by Crippen LogP contribution is -2.28. The molecule has 1 aliphatic rings. The van der Waals surface area contributed by atoms with Crippen molar-refractivity contribution >= 4 is 11.9 Å². The maximum atomic E-state index is 12.9. The average Bonchev–Trinajstić information content (AvgIpc) is 2.76. The molecule has 0 unspecified atom stereocenters. The first kappa shape index (κ1) is 25.1. The summed E-state index contributed by atoms with van der Waals surface area (Å²) in [4.78, 5) is 24.6. The van der Waals surface area contributed by atoms with Gasteiger partial charge < -0.3 is 20.3 Å². The van der Waals surface area contributed by atoms with Crippen molar-refractivity contribution in [3.05, 3.63) is 78.1 Å². The van der Waals surface area contributed by atoms with Gasteiger partial charge in [0.25, 0.3) is 0 Å². The molecule has 3 N–H and O–H groups in total. The molecular formula is C26H33NO5. The minimum atomic E-state index is -0.656. The number of benzene rings is 1. The van der Waals surface area contributed by atoms with Crippen molar-refractivity contribution in [2.45, 2.75) is 58.2 Å². The van der Waals surface area contributed by atoms with Crippen LogP contribution in [0.4, 0.5) is 0 Å². The molecule has 1 amide bonds. The van der Waals surface area contributed by atoms with E-state index in [1.54, 1.807) is 30.4 Å². The maximum Gasteiger partial charge on any atom is 0.342 e. The Morgan fingerprint density at radius 1 is 1.25 bits per heavy atom. The Morgan fingerprint density at radius 3 is 2.84 bits per heavy atom. The highest BCUT2D eigenvalue weighted by Gasteiger charge is 2.25. The normalized spacial score (nSPS) is 23.5. The summed E-state index contributed by atoms with van der Waals surface area (Å²) >= 11 is 0. The van der Waals surface area contributed by atoms with Crippen LogP contribution in [0, 0.1) is 5.92 Å². The van der Waals surface area contributed by atoms with Crippen molar-refractivity contribution in [1.82, 2.24) is 5.32 Å². The van der Waals surface area contributed by atoms with Crippen LogP contribution in [-0.2, 0) is 16.0 Å². The van der Waals surface area contributed by atoms with Gasteiger partial charge in [0.1, 0.15) is 17.4 Å². The van der Waals surface area contributed by atoms with Crippen LogP contribution in [0.15, 0.2) is 66.9 Å². The summed E-state index contributed by atoms with van der Waals surface area (Å²) in [7, 11) is 0. The Balaban J connectivity index is 2.11. The Morgan fingerprint density at radius 2 is 2.06 bits per heavy atom. The van der Waals surface area contributed by atoms with Gasteiger partial charge >= 0.3 is 5.97 Å². The van der Waals surface area contributed by atoms with E-state index in [1.807, 2.05) is 32.1 Å². The summed E-state index contributed by atoms with van der Waals surface area (Å²) in [6, 6.07) is 4.95. The number of hydrogen-bond donors (Lipinski definition) is 3. The molecule has 1 aliphatic heterocycles. The minimum absolute atomic E-state index is 0.000482. The number of hydrogen-bond acceptors (Lipinski definition) is 5. The molecule has 0 bridgehead atoms. The zero-order valence-corrected chi connectivity index (χ0v) is 18.7. The molecule has 0 aliphatic carbocycles. The average molecular weight is 440 g/mol. The van der Waals surface area contributed by atoms with E-state index in [0.717, 1.165) is 6.42 Å². The number of cyclic esters (lactones) is 1. The van der Waals surface area contributed by atoms with Crippen LogP contribution < -0.4 is 5.32 Å². The fourth-order valence-electron chi connectivity index (χ4n) is 3.34. The Labute approximate surface area is 190 Å². The number of amides is 1. The topological polar surface area (TPSA) is 95.9 Å². The first-order valence-corrected chi connectivity index (χ1v) is 11.1. The number of rotatable bonds is 6. The van der Waals surface area contributed by atoms with Crippen molar-refractivity contribution in [2.75, 3.05) is 0 Å². The van der Waals surface area contributed by atoms with Gasteiger partial charge in [0.15, 0.2) is 0 Å². The lowest BCUT2D eigenvalue weighted by Gasteiger charge is -2.24. The molecule has 6 heteroatoms. The highest BCUT2D eigenvalue weighted by Crippen LogP contribution is 2.26. The van der Waals surface area contributed by atoms with E-state index in [-0.39, 0.29) is 29.6 Å². The molecule has 3 atom stereocenters. The second kappa shape index (κ2) is 13.3. The third-order valence-electron chi connectivity index (χ3n) is 5.25. The first-order chi connectivity index (χ1) is 15.4. The third kappa shape index (κ3) is 8.19. The standard InChI is InChI=1S/C26H33NO5/c1-3-4-5-6-16-24(30)27-17-10-14-21-18-23(29)19(2)11-7-8-12-20-13-9-15-22(28)25(20)26(31)32-21/h4-10,13,15-17,19,21,23,28-29H,3,11-12,14,18H2,1-2H3,(H,27,30)/b5-4-,8-7+,16-6-,17-10-/t19-,21-,23+/m0/s1. The maximum absolute atomic E-state index is 12.9. The first-order valence-electron chi connectivity index (χ1n) is 11.1. The second-order valence-corrected chi connectivity index (χ2v) is 7.87. The van der Waals surface area contributed by atoms with Crippen molar-refractivity contribution < 1.29 is 24.5 Å². The fourth-order valence-corrected chi connectivity index (χ4v) is 3.34. The number of phenolic OH excluding ortho intramolecular Hbond substituents is 1. The van der Waals surface area contributed by atoms with Gasteiger partial charge in [-0.2, -0.15) is 0 Å². The molecule has 0 fully saturated rings. The van der Waals surface area contributed by atoms with Crippen LogP contribution in [0.2, 0.25) is 0 Å². The quantitative estimate of drug-likeness (QED) is 0.265. The van der Waals surface area contributed by atoms with E-state index >= 15 is 0 Å². The zero-order valence-electron chi connectivity index (χ0n) is 18.7. The number of aliphatic hydroxyl groups is 1. The zero-order chi connectivity index (χ0) is 23.3. The summed E-state index contributed by atoms with van der Waals surface area (Å²) in [5, 5.41) is 23.4. The van der Waals surface area contributed by atoms with Crippen molar-refractivity contribution in [3.8, 4) is 5.75 Å². The third-order valence-corrected chi connectivity index (χ3v) is 5.25. The minimum Gasteiger partial charge on any atom is -0.507 e. The predicted molar refractivity (Wildman–Crippen MR) is 125 cm³/mol. The molecule has 172 valence electrons. The molecule has 0 radical (unpaired) electrons. The Kier molecular flexibility index (Phi) is 10.5. The van der Waals surface area contributed by atoms with Gasteiger partial charge in [0.05, 0.1) is 6.10 Å². The van der Waals surface area contributed by atoms with Gasteiger partial charge in [-0.3, -0.25) is 4.79 Å². The summed E-state index contributed by atoms with van der Waals surface area (Å²) in [6.45, 7) is 3.96. The van der Waals surface area contributed by atoms with Gasteiger partial charge in [-0.1, -0.05) is 62.4 Å². The molecule has 0 saturated heterocycles. The number of carbonyl (C=O) groups is 2. The highest BCUT2D eigenvalue weighted by molar-refractivity contribution is 5.94. The summed E-state index contributed by atoms with van der Waals surface area (Å²) in [5.74, 6) is -1.02. The van der Waals surface area contributed by atoms with E-state index in [4.69, 9.17) is 4.74 Å².